The van der Waals surface area contributed by atoms with Crippen LogP contribution in [0.15, 0.2) is 51.7 Å². The smallest absolute Gasteiger partial charge is 0.204 e. The highest BCUT2D eigenvalue weighted by Gasteiger charge is 2.02. The summed E-state index contributed by atoms with van der Waals surface area (Å²) in [7, 11) is 0. The van der Waals surface area contributed by atoms with Gasteiger partial charge < -0.3 is 4.42 Å². The molecule has 0 saturated heterocycles. The van der Waals surface area contributed by atoms with Gasteiger partial charge in [-0.3, -0.25) is 9.78 Å². The Kier molecular flexibility index (Phi) is 3.31. The lowest BCUT2D eigenvalue weighted by atomic mass is 10.2. The van der Waals surface area contributed by atoms with E-state index in [4.69, 9.17) is 4.42 Å². The van der Waals surface area contributed by atoms with Gasteiger partial charge in [0.05, 0.1) is 0 Å². The number of allylic oxidation sites excluding steroid dienone is 1. The van der Waals surface area contributed by atoms with E-state index >= 15 is 0 Å². The van der Waals surface area contributed by atoms with Crippen molar-refractivity contribution in [2.45, 2.75) is 0 Å². The van der Waals surface area contributed by atoms with Gasteiger partial charge in [0.25, 0.3) is 0 Å². The second-order valence-corrected chi connectivity index (χ2v) is 3.84. The van der Waals surface area contributed by atoms with Crippen LogP contribution in [0.5, 0.6) is 0 Å². The third-order valence-corrected chi connectivity index (χ3v) is 2.34. The maximum absolute atomic E-state index is 11.6. The highest BCUT2D eigenvalue weighted by molar-refractivity contribution is 9.10. The molecule has 0 aliphatic heterocycles. The fourth-order valence-electron chi connectivity index (χ4n) is 1.17. The van der Waals surface area contributed by atoms with E-state index in [2.05, 4.69) is 20.9 Å². The minimum atomic E-state index is -0.145. The Balaban J connectivity index is 2.11. The number of carbonyl (C=O) groups excluding carboxylic acids is 1. The van der Waals surface area contributed by atoms with E-state index in [0.29, 0.717) is 16.1 Å². The summed E-state index contributed by atoms with van der Waals surface area (Å²) in [6.07, 6.45) is 4.64. The van der Waals surface area contributed by atoms with Crippen molar-refractivity contribution in [3.63, 3.8) is 0 Å². The molecular weight excluding hydrogens is 270 g/mol. The van der Waals surface area contributed by atoms with Gasteiger partial charge in [-0.2, -0.15) is 0 Å². The number of carbonyl (C=O) groups is 1. The van der Waals surface area contributed by atoms with Crippen LogP contribution in [0.4, 0.5) is 0 Å². The average Bonchev–Trinajstić information content (AvgIpc) is 2.73. The first-order valence-corrected chi connectivity index (χ1v) is 5.44. The molecule has 0 fully saturated rings. The van der Waals surface area contributed by atoms with Gasteiger partial charge in [-0.15, -0.1) is 0 Å². The monoisotopic (exact) mass is 277 g/mol. The van der Waals surface area contributed by atoms with Gasteiger partial charge in [0.1, 0.15) is 11.5 Å². The number of nitrogens with zero attached hydrogens (tertiary/aromatic N) is 1. The van der Waals surface area contributed by atoms with Gasteiger partial charge in [0.2, 0.25) is 5.78 Å². The Bertz CT molecular complexity index is 517. The third-order valence-electron chi connectivity index (χ3n) is 1.91. The summed E-state index contributed by atoms with van der Waals surface area (Å²) in [6, 6.07) is 8.75. The molecule has 2 heterocycles. The highest BCUT2D eigenvalue weighted by atomic mass is 79.9. The molecule has 0 spiro atoms. The second-order valence-electron chi connectivity index (χ2n) is 3.05. The number of rotatable bonds is 3. The normalized spacial score (nSPS) is 10.8. The molecule has 0 N–H and O–H groups in total. The topological polar surface area (TPSA) is 43.1 Å². The van der Waals surface area contributed by atoms with Crippen molar-refractivity contribution in [1.29, 1.82) is 0 Å². The molecule has 16 heavy (non-hydrogen) atoms. The fourth-order valence-corrected chi connectivity index (χ4v) is 1.49. The van der Waals surface area contributed by atoms with E-state index in [9.17, 15) is 4.79 Å². The van der Waals surface area contributed by atoms with E-state index in [1.54, 1.807) is 42.6 Å². The van der Waals surface area contributed by atoms with Crippen molar-refractivity contribution in [2.24, 2.45) is 0 Å². The van der Waals surface area contributed by atoms with Crippen LogP contribution < -0.4 is 0 Å². The van der Waals surface area contributed by atoms with Gasteiger partial charge in [-0.1, -0.05) is 6.07 Å². The van der Waals surface area contributed by atoms with Crippen molar-refractivity contribution < 1.29 is 9.21 Å². The Morgan fingerprint density at radius 1 is 1.31 bits per heavy atom. The lowest BCUT2D eigenvalue weighted by Gasteiger charge is -1.91. The van der Waals surface area contributed by atoms with E-state index < -0.39 is 0 Å². The molecule has 0 unspecified atom stereocenters. The number of ketones is 1. The summed E-state index contributed by atoms with van der Waals surface area (Å²) in [5, 5.41) is 0. The molecule has 3 nitrogen and oxygen atoms in total. The van der Waals surface area contributed by atoms with Crippen LogP contribution in [0.25, 0.3) is 6.08 Å². The molecule has 0 amide bonds. The van der Waals surface area contributed by atoms with Gasteiger partial charge in [0, 0.05) is 6.20 Å². The van der Waals surface area contributed by atoms with E-state index in [1.807, 2.05) is 0 Å². The molecule has 0 radical (unpaired) electrons. The summed E-state index contributed by atoms with van der Waals surface area (Å²) in [6.45, 7) is 0. The number of pyridine rings is 1. The Morgan fingerprint density at radius 2 is 2.19 bits per heavy atom. The molecule has 0 bridgehead atoms. The Hall–Kier alpha value is -1.68. The molecule has 0 aliphatic rings. The van der Waals surface area contributed by atoms with E-state index in [1.165, 1.54) is 6.08 Å². The summed E-state index contributed by atoms with van der Waals surface area (Å²) < 4.78 is 5.86. The van der Waals surface area contributed by atoms with Gasteiger partial charge in [-0.05, 0) is 52.3 Å². The zero-order chi connectivity index (χ0) is 11.4. The summed E-state index contributed by atoms with van der Waals surface area (Å²) in [5.74, 6) is 0.476. The van der Waals surface area contributed by atoms with Crippen LogP contribution in [0.2, 0.25) is 0 Å². The number of aromatic nitrogens is 1. The van der Waals surface area contributed by atoms with Crippen LogP contribution >= 0.6 is 15.9 Å². The lowest BCUT2D eigenvalue weighted by Crippen LogP contribution is -1.96. The zero-order valence-corrected chi connectivity index (χ0v) is 9.85. The van der Waals surface area contributed by atoms with Crippen molar-refractivity contribution in [1.82, 2.24) is 4.98 Å². The number of hydrogen-bond acceptors (Lipinski definition) is 3. The predicted octanol–water partition coefficient (Wildman–Crippen LogP) is 3.33. The third kappa shape index (κ3) is 2.67. The van der Waals surface area contributed by atoms with Crippen LogP contribution in [0, 0.1) is 0 Å². The van der Waals surface area contributed by atoms with E-state index in [-0.39, 0.29) is 5.78 Å². The van der Waals surface area contributed by atoms with Crippen molar-refractivity contribution >= 4 is 27.8 Å². The Morgan fingerprint density at radius 3 is 2.81 bits per heavy atom. The molecule has 0 aromatic carbocycles. The molecule has 4 heteroatoms. The summed E-state index contributed by atoms with van der Waals surface area (Å²) >= 11 is 3.19. The first-order chi connectivity index (χ1) is 7.75. The molecule has 2 aromatic heterocycles. The SMILES string of the molecule is O=C(/C=C/c1ccc(Br)o1)c1ccccn1. The van der Waals surface area contributed by atoms with Crippen LogP contribution in [0.1, 0.15) is 16.2 Å². The number of halogens is 1. The standard InChI is InChI=1S/C12H8BrNO2/c13-12-7-5-9(16-12)4-6-11(15)10-3-1-2-8-14-10/h1-8H/b6-4+. The van der Waals surface area contributed by atoms with E-state index in [0.717, 1.165) is 0 Å². The minimum absolute atomic E-state index is 0.145. The van der Waals surface area contributed by atoms with Gasteiger partial charge >= 0.3 is 0 Å². The zero-order valence-electron chi connectivity index (χ0n) is 8.26. The van der Waals surface area contributed by atoms with Gasteiger partial charge in [0.15, 0.2) is 4.67 Å². The fraction of sp³-hybridized carbons (Fsp3) is 0. The summed E-state index contributed by atoms with van der Waals surface area (Å²) in [5.41, 5.74) is 0.421. The lowest BCUT2D eigenvalue weighted by molar-refractivity contribution is 0.104. The first-order valence-electron chi connectivity index (χ1n) is 4.64. The van der Waals surface area contributed by atoms with Crippen molar-refractivity contribution in [2.75, 3.05) is 0 Å². The molecule has 80 valence electrons. The number of furan rings is 1. The average molecular weight is 278 g/mol. The molecular formula is C12H8BrNO2. The van der Waals surface area contributed by atoms with Crippen molar-refractivity contribution in [3.05, 3.63) is 58.7 Å². The first kappa shape index (κ1) is 10.8. The van der Waals surface area contributed by atoms with Crippen LogP contribution in [-0.2, 0) is 0 Å². The highest BCUT2D eigenvalue weighted by Crippen LogP contribution is 2.15. The Labute approximate surface area is 101 Å². The number of hydrogen-bond donors (Lipinski definition) is 0. The summed E-state index contributed by atoms with van der Waals surface area (Å²) in [4.78, 5) is 15.6. The molecule has 2 aromatic rings. The minimum Gasteiger partial charge on any atom is -0.450 e. The van der Waals surface area contributed by atoms with Crippen LogP contribution in [0.3, 0.4) is 0 Å². The maximum atomic E-state index is 11.6. The molecule has 0 atom stereocenters. The molecule has 0 aliphatic carbocycles. The molecule has 2 rings (SSSR count). The largest absolute Gasteiger partial charge is 0.450 e. The van der Waals surface area contributed by atoms with Crippen molar-refractivity contribution in [3.8, 4) is 0 Å². The van der Waals surface area contributed by atoms with Gasteiger partial charge in [-0.25, -0.2) is 0 Å². The molecule has 0 saturated carbocycles. The second kappa shape index (κ2) is 4.90. The quantitative estimate of drug-likeness (QED) is 0.638. The van der Waals surface area contributed by atoms with Crippen LogP contribution in [-0.4, -0.2) is 10.8 Å². The maximum Gasteiger partial charge on any atom is 0.204 e. The predicted molar refractivity (Wildman–Crippen MR) is 64.0 cm³/mol.